The van der Waals surface area contributed by atoms with E-state index in [1.807, 2.05) is 25.1 Å². The number of nitrogens with one attached hydrogen (secondary N) is 2. The Bertz CT molecular complexity index is 824. The highest BCUT2D eigenvalue weighted by atomic mass is 16.5. The molecule has 2 aromatic carbocycles. The number of amides is 2. The molecule has 29 heavy (non-hydrogen) atoms. The minimum absolute atomic E-state index is 0.181. The monoisotopic (exact) mass is 400 g/mol. The van der Waals surface area contributed by atoms with Gasteiger partial charge >= 0.3 is 6.03 Å². The Balaban J connectivity index is 2.05. The van der Waals surface area contributed by atoms with Gasteiger partial charge in [-0.05, 0) is 37.1 Å². The van der Waals surface area contributed by atoms with Crippen LogP contribution in [0, 0.1) is 6.92 Å². The molecule has 0 aliphatic heterocycles. The van der Waals surface area contributed by atoms with E-state index >= 15 is 0 Å². The Morgan fingerprint density at radius 3 is 2.17 bits per heavy atom. The molecule has 6 heteroatoms. The van der Waals surface area contributed by atoms with Crippen molar-refractivity contribution in [2.75, 3.05) is 27.9 Å². The lowest BCUT2D eigenvalue weighted by molar-refractivity contribution is 0.235. The van der Waals surface area contributed by atoms with E-state index in [2.05, 4.69) is 49.6 Å². The zero-order valence-electron chi connectivity index (χ0n) is 18.4. The number of benzene rings is 2. The number of rotatable bonds is 8. The first kappa shape index (κ1) is 22.4. The summed E-state index contributed by atoms with van der Waals surface area (Å²) in [5.41, 5.74) is 3.07. The number of carbonyl (C=O) groups excluding carboxylic acids is 1. The molecule has 2 rings (SSSR count). The molecule has 0 saturated carbocycles. The Labute approximate surface area is 173 Å². The van der Waals surface area contributed by atoms with E-state index < -0.39 is 0 Å². The molecule has 0 saturated heterocycles. The van der Waals surface area contributed by atoms with Crippen LogP contribution in [-0.2, 0) is 5.41 Å². The quantitative estimate of drug-likeness (QED) is 0.691. The molecule has 2 aromatic rings. The SMILES string of the molecule is COc1cc(C(C)NC(=O)NCC(C)(C)c2cccc(C)c2)cc(OC)c1OC. The summed E-state index contributed by atoms with van der Waals surface area (Å²) in [5, 5.41) is 5.95. The van der Waals surface area contributed by atoms with Gasteiger partial charge in [0.25, 0.3) is 0 Å². The highest BCUT2D eigenvalue weighted by Crippen LogP contribution is 2.39. The van der Waals surface area contributed by atoms with Gasteiger partial charge in [-0.1, -0.05) is 43.7 Å². The van der Waals surface area contributed by atoms with Crippen LogP contribution >= 0.6 is 0 Å². The van der Waals surface area contributed by atoms with Crippen LogP contribution in [0.4, 0.5) is 4.79 Å². The zero-order valence-corrected chi connectivity index (χ0v) is 18.4. The third-order valence-electron chi connectivity index (χ3n) is 5.03. The minimum atomic E-state index is -0.245. The zero-order chi connectivity index (χ0) is 21.6. The van der Waals surface area contributed by atoms with E-state index in [0.717, 1.165) is 5.56 Å². The van der Waals surface area contributed by atoms with Crippen molar-refractivity contribution in [2.24, 2.45) is 0 Å². The van der Waals surface area contributed by atoms with Crippen LogP contribution in [0.1, 0.15) is 43.5 Å². The van der Waals surface area contributed by atoms with E-state index in [9.17, 15) is 4.79 Å². The molecule has 0 spiro atoms. The first-order valence-corrected chi connectivity index (χ1v) is 9.63. The maximum atomic E-state index is 12.5. The van der Waals surface area contributed by atoms with E-state index in [4.69, 9.17) is 14.2 Å². The summed E-state index contributed by atoms with van der Waals surface area (Å²) in [4.78, 5) is 12.5. The van der Waals surface area contributed by atoms with Crippen molar-refractivity contribution in [2.45, 2.75) is 39.2 Å². The smallest absolute Gasteiger partial charge is 0.315 e. The second-order valence-corrected chi connectivity index (χ2v) is 7.76. The van der Waals surface area contributed by atoms with Gasteiger partial charge in [-0.2, -0.15) is 0 Å². The van der Waals surface area contributed by atoms with Crippen LogP contribution < -0.4 is 24.8 Å². The van der Waals surface area contributed by atoms with Crippen LogP contribution in [0.15, 0.2) is 36.4 Å². The van der Waals surface area contributed by atoms with Gasteiger partial charge in [-0.15, -0.1) is 0 Å². The van der Waals surface area contributed by atoms with Crippen molar-refractivity contribution in [1.29, 1.82) is 0 Å². The van der Waals surface area contributed by atoms with Crippen LogP contribution in [0.3, 0.4) is 0 Å². The number of hydrogen-bond donors (Lipinski definition) is 2. The summed E-state index contributed by atoms with van der Waals surface area (Å²) < 4.78 is 16.1. The van der Waals surface area contributed by atoms with E-state index in [1.165, 1.54) is 11.1 Å². The van der Waals surface area contributed by atoms with Crippen LogP contribution in [0.25, 0.3) is 0 Å². The number of carbonyl (C=O) groups is 1. The van der Waals surface area contributed by atoms with Crippen molar-refractivity contribution in [3.8, 4) is 17.2 Å². The summed E-state index contributed by atoms with van der Waals surface area (Å²) in [5.74, 6) is 1.63. The molecule has 0 heterocycles. The average molecular weight is 401 g/mol. The minimum Gasteiger partial charge on any atom is -0.493 e. The lowest BCUT2D eigenvalue weighted by Gasteiger charge is -2.27. The van der Waals surface area contributed by atoms with Gasteiger partial charge in [0.1, 0.15) is 0 Å². The second-order valence-electron chi connectivity index (χ2n) is 7.76. The molecule has 0 bridgehead atoms. The highest BCUT2D eigenvalue weighted by Gasteiger charge is 2.22. The van der Waals surface area contributed by atoms with Gasteiger partial charge in [0.15, 0.2) is 11.5 Å². The summed E-state index contributed by atoms with van der Waals surface area (Å²) in [6.07, 6.45) is 0. The molecule has 0 fully saturated rings. The topological polar surface area (TPSA) is 68.8 Å². The van der Waals surface area contributed by atoms with Gasteiger partial charge < -0.3 is 24.8 Å². The molecule has 1 unspecified atom stereocenters. The molecular weight excluding hydrogens is 368 g/mol. The number of ether oxygens (including phenoxy) is 3. The van der Waals surface area contributed by atoms with Crippen LogP contribution in [-0.4, -0.2) is 33.9 Å². The summed E-state index contributed by atoms with van der Waals surface area (Å²) in [6.45, 7) is 8.73. The normalized spacial score (nSPS) is 12.1. The lowest BCUT2D eigenvalue weighted by Crippen LogP contribution is -2.43. The largest absolute Gasteiger partial charge is 0.493 e. The van der Waals surface area contributed by atoms with Crippen molar-refractivity contribution in [1.82, 2.24) is 10.6 Å². The molecule has 1 atom stereocenters. The summed E-state index contributed by atoms with van der Waals surface area (Å²) in [7, 11) is 4.70. The maximum Gasteiger partial charge on any atom is 0.315 e. The predicted octanol–water partition coefficient (Wildman–Crippen LogP) is 4.36. The first-order valence-electron chi connectivity index (χ1n) is 9.63. The third kappa shape index (κ3) is 5.56. The third-order valence-corrected chi connectivity index (χ3v) is 5.03. The molecule has 158 valence electrons. The standard InChI is InChI=1S/C23H32N2O4/c1-15-9-8-10-18(11-15)23(3,4)14-24-22(26)25-16(2)17-12-19(27-5)21(29-7)20(13-17)28-6/h8-13,16H,14H2,1-7H3,(H2,24,25,26). The van der Waals surface area contributed by atoms with Crippen molar-refractivity contribution in [3.63, 3.8) is 0 Å². The van der Waals surface area contributed by atoms with Crippen molar-refractivity contribution >= 4 is 6.03 Å². The average Bonchev–Trinajstić information content (AvgIpc) is 2.71. The Morgan fingerprint density at radius 1 is 1.03 bits per heavy atom. The molecule has 0 aromatic heterocycles. The van der Waals surface area contributed by atoms with E-state index in [-0.39, 0.29) is 17.5 Å². The van der Waals surface area contributed by atoms with Gasteiger partial charge in [-0.25, -0.2) is 4.79 Å². The number of hydrogen-bond acceptors (Lipinski definition) is 4. The number of aryl methyl sites for hydroxylation is 1. The fraction of sp³-hybridized carbons (Fsp3) is 0.435. The highest BCUT2D eigenvalue weighted by molar-refractivity contribution is 5.74. The maximum absolute atomic E-state index is 12.5. The molecule has 0 aliphatic rings. The van der Waals surface area contributed by atoms with E-state index in [0.29, 0.717) is 23.8 Å². The van der Waals surface area contributed by atoms with Gasteiger partial charge in [0, 0.05) is 12.0 Å². The van der Waals surface area contributed by atoms with Gasteiger partial charge in [0.2, 0.25) is 5.75 Å². The molecule has 6 nitrogen and oxygen atoms in total. The molecule has 2 N–H and O–H groups in total. The molecule has 0 radical (unpaired) electrons. The Hall–Kier alpha value is -2.89. The van der Waals surface area contributed by atoms with Gasteiger partial charge in [0.05, 0.1) is 27.4 Å². The first-order chi connectivity index (χ1) is 13.7. The molecule has 0 aliphatic carbocycles. The fourth-order valence-electron chi connectivity index (χ4n) is 3.15. The van der Waals surface area contributed by atoms with Crippen LogP contribution in [0.5, 0.6) is 17.2 Å². The molecule has 2 amide bonds. The van der Waals surface area contributed by atoms with E-state index in [1.54, 1.807) is 21.3 Å². The van der Waals surface area contributed by atoms with Crippen LogP contribution in [0.2, 0.25) is 0 Å². The Morgan fingerprint density at radius 2 is 1.66 bits per heavy atom. The summed E-state index contributed by atoms with van der Waals surface area (Å²) >= 11 is 0. The Kier molecular flexibility index (Phi) is 7.37. The second kappa shape index (κ2) is 9.54. The van der Waals surface area contributed by atoms with Crippen molar-refractivity contribution in [3.05, 3.63) is 53.1 Å². The predicted molar refractivity (Wildman–Crippen MR) is 115 cm³/mol. The lowest BCUT2D eigenvalue weighted by atomic mass is 9.84. The fourth-order valence-corrected chi connectivity index (χ4v) is 3.15. The van der Waals surface area contributed by atoms with Crippen molar-refractivity contribution < 1.29 is 19.0 Å². The number of urea groups is 1. The summed E-state index contributed by atoms with van der Waals surface area (Å²) in [6, 6.07) is 11.5. The van der Waals surface area contributed by atoms with Gasteiger partial charge in [-0.3, -0.25) is 0 Å². The molecular formula is C23H32N2O4. The number of methoxy groups -OCH3 is 3.